The molecule has 0 aromatic carbocycles. The van der Waals surface area contributed by atoms with Gasteiger partial charge in [0.15, 0.2) is 0 Å². The number of nitrogens with one attached hydrogen (secondary N) is 1. The third kappa shape index (κ3) is 3.51. The SMILES string of the molecule is CCC[C@H](NC(=O)C1CCCO1)C(=O)O. The number of hydrogen-bond acceptors (Lipinski definition) is 3. The number of aliphatic carboxylic acids is 1. The van der Waals surface area contributed by atoms with Crippen molar-refractivity contribution in [2.45, 2.75) is 44.8 Å². The van der Waals surface area contributed by atoms with Crippen LogP contribution in [0.3, 0.4) is 0 Å². The Morgan fingerprint density at radius 3 is 2.80 bits per heavy atom. The molecule has 15 heavy (non-hydrogen) atoms. The van der Waals surface area contributed by atoms with Crippen molar-refractivity contribution in [2.24, 2.45) is 0 Å². The molecule has 1 rings (SSSR count). The van der Waals surface area contributed by atoms with Gasteiger partial charge in [0.2, 0.25) is 5.91 Å². The van der Waals surface area contributed by atoms with Crippen LogP contribution in [0.4, 0.5) is 0 Å². The van der Waals surface area contributed by atoms with Crippen molar-refractivity contribution in [2.75, 3.05) is 6.61 Å². The standard InChI is InChI=1S/C10H17NO4/c1-2-4-7(10(13)14)11-9(12)8-5-3-6-15-8/h7-8H,2-6H2,1H3,(H,11,12)(H,13,14)/t7-,8?/m0/s1. The summed E-state index contributed by atoms with van der Waals surface area (Å²) in [6, 6.07) is -0.785. The monoisotopic (exact) mass is 215 g/mol. The van der Waals surface area contributed by atoms with Crippen LogP contribution in [-0.4, -0.2) is 35.7 Å². The topological polar surface area (TPSA) is 75.6 Å². The first-order chi connectivity index (χ1) is 7.15. The van der Waals surface area contributed by atoms with Gasteiger partial charge in [-0.15, -0.1) is 0 Å². The van der Waals surface area contributed by atoms with E-state index in [1.807, 2.05) is 6.92 Å². The maximum absolute atomic E-state index is 11.5. The van der Waals surface area contributed by atoms with Crippen molar-refractivity contribution in [3.05, 3.63) is 0 Å². The molecule has 1 amide bonds. The summed E-state index contributed by atoms with van der Waals surface area (Å²) >= 11 is 0. The molecule has 5 nitrogen and oxygen atoms in total. The molecule has 1 aliphatic rings. The number of carbonyl (C=O) groups excluding carboxylic acids is 1. The van der Waals surface area contributed by atoms with E-state index in [-0.39, 0.29) is 5.91 Å². The van der Waals surface area contributed by atoms with Crippen LogP contribution < -0.4 is 5.32 Å². The predicted octanol–water partition coefficient (Wildman–Crippen LogP) is 0.535. The highest BCUT2D eigenvalue weighted by Crippen LogP contribution is 2.12. The zero-order chi connectivity index (χ0) is 11.3. The zero-order valence-electron chi connectivity index (χ0n) is 8.86. The number of ether oxygens (including phenoxy) is 1. The van der Waals surface area contributed by atoms with Crippen molar-refractivity contribution in [1.29, 1.82) is 0 Å². The summed E-state index contributed by atoms with van der Waals surface area (Å²) in [5, 5.41) is 11.3. The molecule has 2 N–H and O–H groups in total. The van der Waals surface area contributed by atoms with Crippen molar-refractivity contribution in [3.8, 4) is 0 Å². The Bertz CT molecular complexity index is 236. The van der Waals surface area contributed by atoms with Crippen molar-refractivity contribution >= 4 is 11.9 Å². The average Bonchev–Trinajstić information content (AvgIpc) is 2.69. The van der Waals surface area contributed by atoms with Gasteiger partial charge < -0.3 is 15.2 Å². The second-order valence-electron chi connectivity index (χ2n) is 3.69. The molecular formula is C10H17NO4. The molecular weight excluding hydrogens is 198 g/mol. The maximum Gasteiger partial charge on any atom is 0.326 e. The summed E-state index contributed by atoms with van der Waals surface area (Å²) in [5.74, 6) is -1.28. The van der Waals surface area contributed by atoms with Crippen molar-refractivity contribution in [1.82, 2.24) is 5.32 Å². The first-order valence-corrected chi connectivity index (χ1v) is 5.30. The number of rotatable bonds is 5. The van der Waals surface area contributed by atoms with E-state index in [1.165, 1.54) is 0 Å². The largest absolute Gasteiger partial charge is 0.480 e. The number of amides is 1. The third-order valence-electron chi connectivity index (χ3n) is 2.41. The fourth-order valence-corrected chi connectivity index (χ4v) is 1.60. The Balaban J connectivity index is 2.42. The molecule has 0 saturated carbocycles. The summed E-state index contributed by atoms with van der Waals surface area (Å²) in [5.41, 5.74) is 0. The summed E-state index contributed by atoms with van der Waals surface area (Å²) in [6.45, 7) is 2.47. The second kappa shape index (κ2) is 5.70. The molecule has 0 aliphatic carbocycles. The van der Waals surface area contributed by atoms with Crippen LogP contribution in [0, 0.1) is 0 Å². The molecule has 1 heterocycles. The van der Waals surface area contributed by atoms with Crippen LogP contribution in [-0.2, 0) is 14.3 Å². The Morgan fingerprint density at radius 2 is 2.33 bits per heavy atom. The van der Waals surface area contributed by atoms with Gasteiger partial charge in [-0.1, -0.05) is 13.3 Å². The molecule has 0 radical (unpaired) electrons. The van der Waals surface area contributed by atoms with E-state index in [0.29, 0.717) is 19.4 Å². The van der Waals surface area contributed by atoms with Gasteiger partial charge in [0, 0.05) is 6.61 Å². The van der Waals surface area contributed by atoms with Crippen LogP contribution >= 0.6 is 0 Å². The summed E-state index contributed by atoms with van der Waals surface area (Å²) in [7, 11) is 0. The van der Waals surface area contributed by atoms with E-state index in [0.717, 1.165) is 12.8 Å². The molecule has 0 spiro atoms. The van der Waals surface area contributed by atoms with Crippen LogP contribution in [0.15, 0.2) is 0 Å². The lowest BCUT2D eigenvalue weighted by Gasteiger charge is -2.16. The fraction of sp³-hybridized carbons (Fsp3) is 0.800. The van der Waals surface area contributed by atoms with E-state index < -0.39 is 18.1 Å². The van der Waals surface area contributed by atoms with Gasteiger partial charge in [-0.05, 0) is 19.3 Å². The van der Waals surface area contributed by atoms with E-state index in [1.54, 1.807) is 0 Å². The predicted molar refractivity (Wildman–Crippen MR) is 53.4 cm³/mol. The van der Waals surface area contributed by atoms with Gasteiger partial charge >= 0.3 is 5.97 Å². The summed E-state index contributed by atoms with van der Waals surface area (Å²) in [4.78, 5) is 22.3. The smallest absolute Gasteiger partial charge is 0.326 e. The first-order valence-electron chi connectivity index (χ1n) is 5.30. The molecule has 0 bridgehead atoms. The number of carbonyl (C=O) groups is 2. The van der Waals surface area contributed by atoms with Crippen LogP contribution in [0.1, 0.15) is 32.6 Å². The van der Waals surface area contributed by atoms with E-state index >= 15 is 0 Å². The third-order valence-corrected chi connectivity index (χ3v) is 2.41. The van der Waals surface area contributed by atoms with Crippen LogP contribution in [0.2, 0.25) is 0 Å². The minimum Gasteiger partial charge on any atom is -0.480 e. The van der Waals surface area contributed by atoms with Gasteiger partial charge in [0.1, 0.15) is 12.1 Å². The lowest BCUT2D eigenvalue weighted by molar-refractivity contribution is -0.143. The molecule has 1 aliphatic heterocycles. The highest BCUT2D eigenvalue weighted by Gasteiger charge is 2.27. The molecule has 1 saturated heterocycles. The summed E-state index contributed by atoms with van der Waals surface area (Å²) < 4.78 is 5.17. The van der Waals surface area contributed by atoms with Gasteiger partial charge in [-0.2, -0.15) is 0 Å². The fourth-order valence-electron chi connectivity index (χ4n) is 1.60. The van der Waals surface area contributed by atoms with E-state index in [4.69, 9.17) is 9.84 Å². The van der Waals surface area contributed by atoms with Crippen molar-refractivity contribution < 1.29 is 19.4 Å². The Hall–Kier alpha value is -1.10. The minimum atomic E-state index is -0.983. The van der Waals surface area contributed by atoms with Gasteiger partial charge in [-0.25, -0.2) is 4.79 Å². The van der Waals surface area contributed by atoms with Crippen LogP contribution in [0.25, 0.3) is 0 Å². The number of carboxylic acids is 1. The molecule has 0 aromatic heterocycles. The Morgan fingerprint density at radius 1 is 1.60 bits per heavy atom. The molecule has 2 atom stereocenters. The lowest BCUT2D eigenvalue weighted by atomic mass is 10.1. The Kier molecular flexibility index (Phi) is 4.55. The highest BCUT2D eigenvalue weighted by molar-refractivity contribution is 5.86. The molecule has 1 unspecified atom stereocenters. The number of hydrogen-bond donors (Lipinski definition) is 2. The van der Waals surface area contributed by atoms with Gasteiger partial charge in [0.25, 0.3) is 0 Å². The summed E-state index contributed by atoms with van der Waals surface area (Å²) in [6.07, 6.45) is 2.27. The minimum absolute atomic E-state index is 0.298. The van der Waals surface area contributed by atoms with E-state index in [2.05, 4.69) is 5.32 Å². The molecule has 86 valence electrons. The Labute approximate surface area is 88.8 Å². The molecule has 0 aromatic rings. The van der Waals surface area contributed by atoms with Gasteiger partial charge in [-0.3, -0.25) is 4.79 Å². The van der Waals surface area contributed by atoms with Gasteiger partial charge in [0.05, 0.1) is 0 Å². The average molecular weight is 215 g/mol. The zero-order valence-corrected chi connectivity index (χ0v) is 8.86. The highest BCUT2D eigenvalue weighted by atomic mass is 16.5. The lowest BCUT2D eigenvalue weighted by Crippen LogP contribution is -2.45. The molecule has 1 fully saturated rings. The van der Waals surface area contributed by atoms with Crippen LogP contribution in [0.5, 0.6) is 0 Å². The first kappa shape index (κ1) is 12.0. The normalized spacial score (nSPS) is 22.3. The quantitative estimate of drug-likeness (QED) is 0.701. The number of carboxylic acid groups (broad SMARTS) is 1. The van der Waals surface area contributed by atoms with Crippen molar-refractivity contribution in [3.63, 3.8) is 0 Å². The second-order valence-corrected chi connectivity index (χ2v) is 3.69. The maximum atomic E-state index is 11.5. The van der Waals surface area contributed by atoms with E-state index in [9.17, 15) is 9.59 Å². The molecule has 5 heteroatoms.